The highest BCUT2D eigenvalue weighted by molar-refractivity contribution is 9.10. The van der Waals surface area contributed by atoms with Gasteiger partial charge in [0, 0.05) is 34.5 Å². The fourth-order valence-electron chi connectivity index (χ4n) is 3.39. The van der Waals surface area contributed by atoms with Gasteiger partial charge in [-0.15, -0.1) is 0 Å². The highest BCUT2D eigenvalue weighted by atomic mass is 79.9. The molecule has 0 spiro atoms. The van der Waals surface area contributed by atoms with Crippen molar-refractivity contribution >= 4 is 32.5 Å². The summed E-state index contributed by atoms with van der Waals surface area (Å²) in [5, 5.41) is 2.42. The van der Waals surface area contributed by atoms with Gasteiger partial charge in [-0.25, -0.2) is 4.98 Å². The summed E-state index contributed by atoms with van der Waals surface area (Å²) in [6.07, 6.45) is 5.61. The van der Waals surface area contributed by atoms with Gasteiger partial charge in [0.2, 0.25) is 0 Å². The van der Waals surface area contributed by atoms with Gasteiger partial charge < -0.3 is 10.6 Å². The molecular weight excluding hydrogens is 314 g/mol. The number of nitrogens with two attached hydrogens (primary N) is 1. The van der Waals surface area contributed by atoms with Crippen LogP contribution in [0, 0.1) is 5.92 Å². The van der Waals surface area contributed by atoms with Gasteiger partial charge in [0.05, 0.1) is 0 Å². The first-order valence-electron chi connectivity index (χ1n) is 7.18. The molecule has 2 unspecified atom stereocenters. The number of benzene rings is 1. The Balaban J connectivity index is 2.03. The molecule has 0 radical (unpaired) electrons. The van der Waals surface area contributed by atoms with Crippen LogP contribution in [0.3, 0.4) is 0 Å². The molecule has 1 aliphatic rings. The summed E-state index contributed by atoms with van der Waals surface area (Å²) in [6.45, 7) is 0.767. The van der Waals surface area contributed by atoms with Crippen molar-refractivity contribution in [3.63, 3.8) is 0 Å². The normalized spacial score (nSPS) is 22.4. The maximum atomic E-state index is 5.92. The van der Waals surface area contributed by atoms with Gasteiger partial charge in [-0.05, 0) is 37.4 Å². The van der Waals surface area contributed by atoms with E-state index in [-0.39, 0.29) is 0 Å². The van der Waals surface area contributed by atoms with Crippen molar-refractivity contribution in [1.82, 2.24) is 4.98 Å². The number of nitrogens with zero attached hydrogens (tertiary/aromatic N) is 2. The number of fused-ring (bicyclic) bond motifs is 1. The zero-order valence-corrected chi connectivity index (χ0v) is 13.3. The zero-order valence-electron chi connectivity index (χ0n) is 11.7. The first-order chi connectivity index (χ1) is 9.72. The molecule has 1 fully saturated rings. The summed E-state index contributed by atoms with van der Waals surface area (Å²) in [6, 6.07) is 8.86. The van der Waals surface area contributed by atoms with E-state index in [1.54, 1.807) is 0 Å². The highest BCUT2D eigenvalue weighted by Gasteiger charge is 2.30. The van der Waals surface area contributed by atoms with E-state index >= 15 is 0 Å². The van der Waals surface area contributed by atoms with Crippen LogP contribution in [0.15, 0.2) is 34.9 Å². The lowest BCUT2D eigenvalue weighted by molar-refractivity contribution is 0.473. The second-order valence-electron chi connectivity index (χ2n) is 5.57. The SMILES string of the molecule is CN(c1nccc2c(Br)cccc12)C1CCCC1CN. The summed E-state index contributed by atoms with van der Waals surface area (Å²) in [7, 11) is 2.15. The van der Waals surface area contributed by atoms with Crippen LogP contribution < -0.4 is 10.6 Å². The lowest BCUT2D eigenvalue weighted by Crippen LogP contribution is -2.38. The number of rotatable bonds is 3. The third kappa shape index (κ3) is 2.31. The molecule has 20 heavy (non-hydrogen) atoms. The van der Waals surface area contributed by atoms with Gasteiger partial charge in [-0.3, -0.25) is 0 Å². The van der Waals surface area contributed by atoms with E-state index in [1.807, 2.05) is 6.20 Å². The van der Waals surface area contributed by atoms with Crippen molar-refractivity contribution in [1.29, 1.82) is 0 Å². The Morgan fingerprint density at radius 1 is 1.30 bits per heavy atom. The highest BCUT2D eigenvalue weighted by Crippen LogP contribution is 2.35. The van der Waals surface area contributed by atoms with Gasteiger partial charge in [-0.2, -0.15) is 0 Å². The van der Waals surface area contributed by atoms with E-state index in [0.29, 0.717) is 12.0 Å². The van der Waals surface area contributed by atoms with Gasteiger partial charge in [0.1, 0.15) is 5.82 Å². The van der Waals surface area contributed by atoms with E-state index in [9.17, 15) is 0 Å². The maximum Gasteiger partial charge on any atom is 0.136 e. The number of pyridine rings is 1. The monoisotopic (exact) mass is 333 g/mol. The van der Waals surface area contributed by atoms with Crippen LogP contribution in [0.1, 0.15) is 19.3 Å². The Morgan fingerprint density at radius 2 is 2.15 bits per heavy atom. The molecule has 4 heteroatoms. The average Bonchev–Trinajstić information content (AvgIpc) is 2.95. The van der Waals surface area contributed by atoms with Gasteiger partial charge in [0.15, 0.2) is 0 Å². The summed E-state index contributed by atoms with van der Waals surface area (Å²) < 4.78 is 1.12. The van der Waals surface area contributed by atoms with E-state index in [1.165, 1.54) is 30.0 Å². The van der Waals surface area contributed by atoms with Crippen molar-refractivity contribution in [3.05, 3.63) is 34.9 Å². The summed E-state index contributed by atoms with van der Waals surface area (Å²) >= 11 is 3.62. The Hall–Kier alpha value is -1.13. The lowest BCUT2D eigenvalue weighted by Gasteiger charge is -2.31. The molecule has 1 saturated carbocycles. The van der Waals surface area contributed by atoms with Crippen molar-refractivity contribution in [3.8, 4) is 0 Å². The van der Waals surface area contributed by atoms with E-state index < -0.39 is 0 Å². The number of hydrogen-bond acceptors (Lipinski definition) is 3. The molecule has 2 aromatic rings. The predicted molar refractivity (Wildman–Crippen MR) is 88.0 cm³/mol. The largest absolute Gasteiger partial charge is 0.356 e. The van der Waals surface area contributed by atoms with Crippen LogP contribution in [-0.2, 0) is 0 Å². The molecule has 2 atom stereocenters. The fourth-order valence-corrected chi connectivity index (χ4v) is 3.89. The third-order valence-corrected chi connectivity index (χ3v) is 5.18. The minimum Gasteiger partial charge on any atom is -0.356 e. The van der Waals surface area contributed by atoms with E-state index in [2.05, 4.69) is 57.1 Å². The minimum absolute atomic E-state index is 0.511. The average molecular weight is 334 g/mol. The fraction of sp³-hybridized carbons (Fsp3) is 0.438. The van der Waals surface area contributed by atoms with Crippen LogP contribution in [0.2, 0.25) is 0 Å². The topological polar surface area (TPSA) is 42.2 Å². The molecule has 106 valence electrons. The molecule has 0 bridgehead atoms. The Kier molecular flexibility index (Phi) is 3.94. The molecule has 3 nitrogen and oxygen atoms in total. The molecule has 1 aromatic heterocycles. The second-order valence-corrected chi connectivity index (χ2v) is 6.43. The van der Waals surface area contributed by atoms with Crippen LogP contribution in [-0.4, -0.2) is 24.6 Å². The molecule has 0 saturated heterocycles. The van der Waals surface area contributed by atoms with Crippen molar-refractivity contribution in [2.24, 2.45) is 11.7 Å². The minimum atomic E-state index is 0.511. The standard InChI is InChI=1S/C16H20BrN3/c1-20(15-7-2-4-11(15)10-18)16-13-5-3-6-14(17)12(13)8-9-19-16/h3,5-6,8-9,11,15H,2,4,7,10,18H2,1H3. The van der Waals surface area contributed by atoms with Gasteiger partial charge >= 0.3 is 0 Å². The van der Waals surface area contributed by atoms with Crippen LogP contribution in [0.5, 0.6) is 0 Å². The Morgan fingerprint density at radius 3 is 2.95 bits per heavy atom. The number of anilines is 1. The third-order valence-electron chi connectivity index (χ3n) is 4.49. The molecule has 1 heterocycles. The number of hydrogen-bond donors (Lipinski definition) is 1. The smallest absolute Gasteiger partial charge is 0.136 e. The number of aromatic nitrogens is 1. The van der Waals surface area contributed by atoms with Crippen LogP contribution in [0.4, 0.5) is 5.82 Å². The molecule has 3 rings (SSSR count). The molecular formula is C16H20BrN3. The van der Waals surface area contributed by atoms with E-state index in [0.717, 1.165) is 16.8 Å². The molecule has 1 aliphatic carbocycles. The van der Waals surface area contributed by atoms with Gasteiger partial charge in [-0.1, -0.05) is 34.5 Å². The van der Waals surface area contributed by atoms with Crippen LogP contribution in [0.25, 0.3) is 10.8 Å². The Bertz CT molecular complexity index is 614. The maximum absolute atomic E-state index is 5.92. The lowest BCUT2D eigenvalue weighted by atomic mass is 10.0. The zero-order chi connectivity index (χ0) is 14.1. The van der Waals surface area contributed by atoms with Crippen molar-refractivity contribution in [2.45, 2.75) is 25.3 Å². The molecule has 1 aromatic carbocycles. The van der Waals surface area contributed by atoms with E-state index in [4.69, 9.17) is 5.73 Å². The predicted octanol–water partition coefficient (Wildman–Crippen LogP) is 3.56. The van der Waals surface area contributed by atoms with Crippen molar-refractivity contribution in [2.75, 3.05) is 18.5 Å². The first-order valence-corrected chi connectivity index (χ1v) is 7.98. The quantitative estimate of drug-likeness (QED) is 0.933. The second kappa shape index (κ2) is 5.70. The molecule has 2 N–H and O–H groups in total. The molecule has 0 aliphatic heterocycles. The summed E-state index contributed by atoms with van der Waals surface area (Å²) in [5.74, 6) is 1.65. The van der Waals surface area contributed by atoms with Crippen molar-refractivity contribution < 1.29 is 0 Å². The summed E-state index contributed by atoms with van der Waals surface area (Å²) in [5.41, 5.74) is 5.92. The number of halogens is 1. The molecule has 0 amide bonds. The Labute approximate surface area is 128 Å². The summed E-state index contributed by atoms with van der Waals surface area (Å²) in [4.78, 5) is 6.96. The van der Waals surface area contributed by atoms with Gasteiger partial charge in [0.25, 0.3) is 0 Å². The van der Waals surface area contributed by atoms with Crippen LogP contribution >= 0.6 is 15.9 Å². The first kappa shape index (κ1) is 13.8.